The number of hydrogen-bond donors (Lipinski definition) is 1. The zero-order valence-electron chi connectivity index (χ0n) is 10.4. The molecule has 0 radical (unpaired) electrons. The molecule has 0 heterocycles. The van der Waals surface area contributed by atoms with Gasteiger partial charge in [0.05, 0.1) is 5.60 Å². The molecule has 2 nitrogen and oxygen atoms in total. The largest absolute Gasteiger partial charge is 0.379 e. The summed E-state index contributed by atoms with van der Waals surface area (Å²) in [5.41, 5.74) is 7.39. The second-order valence-corrected chi connectivity index (χ2v) is 4.78. The first-order valence-corrected chi connectivity index (χ1v) is 5.42. The highest BCUT2D eigenvalue weighted by molar-refractivity contribution is 5.26. The summed E-state index contributed by atoms with van der Waals surface area (Å²) in [6, 6.07) is 4.86. The standard InChI is InChI=1S/C13H20FNO/c1-9-7-10(5-6-11(9)14)12(15)8-13(2,3)16-4/h5-7,12H,8,15H2,1-4H3. The Hall–Kier alpha value is -0.930. The molecular weight excluding hydrogens is 205 g/mol. The van der Waals surface area contributed by atoms with Crippen LogP contribution in [-0.4, -0.2) is 12.7 Å². The van der Waals surface area contributed by atoms with Crippen molar-refractivity contribution in [3.8, 4) is 0 Å². The van der Waals surface area contributed by atoms with Gasteiger partial charge in [-0.3, -0.25) is 0 Å². The molecule has 0 aromatic heterocycles. The van der Waals surface area contributed by atoms with E-state index >= 15 is 0 Å². The van der Waals surface area contributed by atoms with Crippen LogP contribution in [0.25, 0.3) is 0 Å². The maximum Gasteiger partial charge on any atom is 0.126 e. The average molecular weight is 225 g/mol. The van der Waals surface area contributed by atoms with E-state index in [1.807, 2.05) is 13.8 Å². The summed E-state index contributed by atoms with van der Waals surface area (Å²) in [5.74, 6) is -0.193. The lowest BCUT2D eigenvalue weighted by Crippen LogP contribution is -2.28. The molecule has 0 aliphatic heterocycles. The molecule has 2 N–H and O–H groups in total. The number of methoxy groups -OCH3 is 1. The van der Waals surface area contributed by atoms with Crippen molar-refractivity contribution in [2.75, 3.05) is 7.11 Å². The van der Waals surface area contributed by atoms with Crippen LogP contribution >= 0.6 is 0 Å². The summed E-state index contributed by atoms with van der Waals surface area (Å²) in [7, 11) is 1.67. The minimum atomic E-state index is -0.262. The summed E-state index contributed by atoms with van der Waals surface area (Å²) in [5, 5.41) is 0. The van der Waals surface area contributed by atoms with Crippen LogP contribution in [0.15, 0.2) is 18.2 Å². The Morgan fingerprint density at radius 1 is 1.44 bits per heavy atom. The Labute approximate surface area is 96.6 Å². The van der Waals surface area contributed by atoms with Crippen LogP contribution in [0.1, 0.15) is 37.4 Å². The van der Waals surface area contributed by atoms with Gasteiger partial charge < -0.3 is 10.5 Å². The lowest BCUT2D eigenvalue weighted by atomic mass is 9.93. The van der Waals surface area contributed by atoms with E-state index in [-0.39, 0.29) is 17.5 Å². The van der Waals surface area contributed by atoms with Crippen molar-refractivity contribution in [2.24, 2.45) is 5.73 Å². The molecule has 0 bridgehead atoms. The van der Waals surface area contributed by atoms with Gasteiger partial charge in [0.2, 0.25) is 0 Å². The van der Waals surface area contributed by atoms with E-state index in [2.05, 4.69) is 0 Å². The monoisotopic (exact) mass is 225 g/mol. The van der Waals surface area contributed by atoms with E-state index in [1.54, 1.807) is 26.2 Å². The van der Waals surface area contributed by atoms with E-state index in [9.17, 15) is 4.39 Å². The van der Waals surface area contributed by atoms with Gasteiger partial charge >= 0.3 is 0 Å². The molecule has 3 heteroatoms. The number of aryl methyl sites for hydroxylation is 1. The van der Waals surface area contributed by atoms with E-state index in [0.717, 1.165) is 5.56 Å². The first-order chi connectivity index (χ1) is 7.35. The summed E-state index contributed by atoms with van der Waals surface area (Å²) < 4.78 is 18.4. The molecule has 0 aliphatic carbocycles. The average Bonchev–Trinajstić information content (AvgIpc) is 2.21. The van der Waals surface area contributed by atoms with Gasteiger partial charge in [-0.1, -0.05) is 12.1 Å². The van der Waals surface area contributed by atoms with Crippen LogP contribution < -0.4 is 5.73 Å². The fourth-order valence-corrected chi connectivity index (χ4v) is 1.63. The molecule has 1 aromatic rings. The predicted octanol–water partition coefficient (Wildman–Crippen LogP) is 2.95. The Morgan fingerprint density at radius 2 is 2.06 bits per heavy atom. The SMILES string of the molecule is COC(C)(C)CC(N)c1ccc(F)c(C)c1. The molecule has 0 saturated carbocycles. The Balaban J connectivity index is 2.81. The first-order valence-electron chi connectivity index (χ1n) is 5.42. The summed E-state index contributed by atoms with van der Waals surface area (Å²) in [4.78, 5) is 0. The molecule has 16 heavy (non-hydrogen) atoms. The predicted molar refractivity (Wildman–Crippen MR) is 63.8 cm³/mol. The highest BCUT2D eigenvalue weighted by Gasteiger charge is 2.21. The lowest BCUT2D eigenvalue weighted by Gasteiger charge is -2.26. The third-order valence-corrected chi connectivity index (χ3v) is 2.87. The number of benzene rings is 1. The van der Waals surface area contributed by atoms with Crippen molar-refractivity contribution in [3.63, 3.8) is 0 Å². The zero-order chi connectivity index (χ0) is 12.3. The number of halogens is 1. The minimum absolute atomic E-state index is 0.130. The molecule has 90 valence electrons. The molecule has 1 rings (SSSR count). The van der Waals surface area contributed by atoms with E-state index < -0.39 is 0 Å². The van der Waals surface area contributed by atoms with Gasteiger partial charge in [-0.05, 0) is 44.4 Å². The second-order valence-electron chi connectivity index (χ2n) is 4.78. The third-order valence-electron chi connectivity index (χ3n) is 2.87. The van der Waals surface area contributed by atoms with E-state index in [0.29, 0.717) is 12.0 Å². The third kappa shape index (κ3) is 3.29. The molecular formula is C13H20FNO. The van der Waals surface area contributed by atoms with Crippen LogP contribution in [0.3, 0.4) is 0 Å². The van der Waals surface area contributed by atoms with Crippen molar-refractivity contribution >= 4 is 0 Å². The topological polar surface area (TPSA) is 35.2 Å². The summed E-state index contributed by atoms with van der Waals surface area (Å²) >= 11 is 0. The van der Waals surface area contributed by atoms with Gasteiger partial charge in [0.15, 0.2) is 0 Å². The molecule has 1 aromatic carbocycles. The molecule has 0 fully saturated rings. The fourth-order valence-electron chi connectivity index (χ4n) is 1.63. The second kappa shape index (κ2) is 4.93. The molecule has 0 saturated heterocycles. The maximum absolute atomic E-state index is 13.1. The van der Waals surface area contributed by atoms with Crippen LogP contribution in [0.5, 0.6) is 0 Å². The zero-order valence-corrected chi connectivity index (χ0v) is 10.4. The Bertz CT molecular complexity index is 363. The highest BCUT2D eigenvalue weighted by Crippen LogP contribution is 2.25. The normalized spacial score (nSPS) is 13.9. The molecule has 1 unspecified atom stereocenters. The van der Waals surface area contributed by atoms with Gasteiger partial charge in [-0.15, -0.1) is 0 Å². The first kappa shape index (κ1) is 13.1. The minimum Gasteiger partial charge on any atom is -0.379 e. The number of ether oxygens (including phenoxy) is 1. The van der Waals surface area contributed by atoms with Gasteiger partial charge in [-0.25, -0.2) is 4.39 Å². The quantitative estimate of drug-likeness (QED) is 0.855. The van der Waals surface area contributed by atoms with E-state index in [4.69, 9.17) is 10.5 Å². The Kier molecular flexibility index (Phi) is 4.05. The van der Waals surface area contributed by atoms with E-state index in [1.165, 1.54) is 6.07 Å². The van der Waals surface area contributed by atoms with Gasteiger partial charge in [-0.2, -0.15) is 0 Å². The Morgan fingerprint density at radius 3 is 2.56 bits per heavy atom. The molecule has 0 spiro atoms. The van der Waals surface area contributed by atoms with Crippen molar-refractivity contribution in [1.29, 1.82) is 0 Å². The van der Waals surface area contributed by atoms with Crippen LogP contribution in [0, 0.1) is 12.7 Å². The summed E-state index contributed by atoms with van der Waals surface area (Å²) in [6.45, 7) is 5.72. The number of hydrogen-bond acceptors (Lipinski definition) is 2. The van der Waals surface area contributed by atoms with Gasteiger partial charge in [0.1, 0.15) is 5.82 Å². The fraction of sp³-hybridized carbons (Fsp3) is 0.538. The molecule has 0 aliphatic rings. The van der Waals surface area contributed by atoms with Crippen molar-refractivity contribution in [3.05, 3.63) is 35.1 Å². The van der Waals surface area contributed by atoms with Crippen molar-refractivity contribution < 1.29 is 9.13 Å². The highest BCUT2D eigenvalue weighted by atomic mass is 19.1. The van der Waals surface area contributed by atoms with Crippen molar-refractivity contribution in [2.45, 2.75) is 38.8 Å². The van der Waals surface area contributed by atoms with Gasteiger partial charge in [0, 0.05) is 13.2 Å². The van der Waals surface area contributed by atoms with Crippen LogP contribution in [-0.2, 0) is 4.74 Å². The molecule has 1 atom stereocenters. The maximum atomic E-state index is 13.1. The number of nitrogens with two attached hydrogens (primary N) is 1. The smallest absolute Gasteiger partial charge is 0.126 e. The molecule has 0 amide bonds. The lowest BCUT2D eigenvalue weighted by molar-refractivity contribution is 0.00995. The van der Waals surface area contributed by atoms with Crippen LogP contribution in [0.4, 0.5) is 4.39 Å². The number of rotatable bonds is 4. The van der Waals surface area contributed by atoms with Crippen molar-refractivity contribution in [1.82, 2.24) is 0 Å². The van der Waals surface area contributed by atoms with Crippen LogP contribution in [0.2, 0.25) is 0 Å². The summed E-state index contributed by atoms with van der Waals surface area (Å²) in [6.07, 6.45) is 0.703. The van der Waals surface area contributed by atoms with Gasteiger partial charge in [0.25, 0.3) is 0 Å².